The summed E-state index contributed by atoms with van der Waals surface area (Å²) in [6.07, 6.45) is 9.33. The number of aryl methyl sites for hydroxylation is 1. The van der Waals surface area contributed by atoms with Gasteiger partial charge in [-0.3, -0.25) is 0 Å². The molecule has 1 N–H and O–H groups in total. The van der Waals surface area contributed by atoms with Crippen LogP contribution in [0.15, 0.2) is 12.5 Å². The van der Waals surface area contributed by atoms with Gasteiger partial charge in [0.25, 0.3) is 0 Å². The first-order valence-corrected chi connectivity index (χ1v) is 5.92. The minimum atomic E-state index is 0.610. The molecule has 0 spiro atoms. The summed E-state index contributed by atoms with van der Waals surface area (Å²) in [6, 6.07) is 0. The van der Waals surface area contributed by atoms with Crippen LogP contribution in [0.3, 0.4) is 0 Å². The number of nitrogens with zero attached hydrogens (tertiary/aromatic N) is 2. The Kier molecular flexibility index (Phi) is 3.10. The van der Waals surface area contributed by atoms with Crippen LogP contribution in [0.25, 0.3) is 0 Å². The molecule has 1 aromatic heterocycles. The molecular formula is C12H21N3. The van der Waals surface area contributed by atoms with Crippen LogP contribution in [0.4, 0.5) is 0 Å². The van der Waals surface area contributed by atoms with E-state index in [0.717, 1.165) is 13.1 Å². The van der Waals surface area contributed by atoms with Gasteiger partial charge in [0, 0.05) is 26.3 Å². The molecule has 3 nitrogen and oxygen atoms in total. The van der Waals surface area contributed by atoms with Gasteiger partial charge in [0.1, 0.15) is 0 Å². The van der Waals surface area contributed by atoms with Crippen LogP contribution >= 0.6 is 0 Å². The Morgan fingerprint density at radius 2 is 2.33 bits per heavy atom. The molecule has 15 heavy (non-hydrogen) atoms. The normalized spacial score (nSPS) is 18.8. The average Bonchev–Trinajstić information content (AvgIpc) is 2.57. The lowest BCUT2D eigenvalue weighted by Gasteiger charge is -2.41. The maximum atomic E-state index is 4.11. The number of nitrogens with one attached hydrogen (secondary N) is 1. The second kappa shape index (κ2) is 4.35. The van der Waals surface area contributed by atoms with Gasteiger partial charge in [0.2, 0.25) is 0 Å². The van der Waals surface area contributed by atoms with Crippen LogP contribution in [0.2, 0.25) is 0 Å². The van der Waals surface area contributed by atoms with E-state index >= 15 is 0 Å². The number of imidazole rings is 1. The van der Waals surface area contributed by atoms with Gasteiger partial charge in [-0.2, -0.15) is 0 Å². The maximum Gasteiger partial charge on any atom is 0.0945 e. The molecule has 0 aliphatic heterocycles. The van der Waals surface area contributed by atoms with Crippen molar-refractivity contribution in [2.75, 3.05) is 6.54 Å². The zero-order valence-corrected chi connectivity index (χ0v) is 9.79. The molecule has 0 unspecified atom stereocenters. The highest BCUT2D eigenvalue weighted by atomic mass is 15.0. The summed E-state index contributed by atoms with van der Waals surface area (Å²) in [5.74, 6) is 0. The smallest absolute Gasteiger partial charge is 0.0945 e. The minimum absolute atomic E-state index is 0.610. The zero-order valence-electron chi connectivity index (χ0n) is 9.79. The fourth-order valence-electron chi connectivity index (χ4n) is 2.34. The van der Waals surface area contributed by atoms with Crippen LogP contribution in [0, 0.1) is 5.41 Å². The number of rotatable bonds is 5. The molecule has 84 valence electrons. The Labute approximate surface area is 91.9 Å². The van der Waals surface area contributed by atoms with E-state index < -0.39 is 0 Å². The molecule has 0 radical (unpaired) electrons. The Bertz CT molecular complexity index is 307. The van der Waals surface area contributed by atoms with Crippen LogP contribution in [-0.2, 0) is 13.6 Å². The zero-order chi connectivity index (χ0) is 10.7. The third-order valence-corrected chi connectivity index (χ3v) is 3.89. The Hall–Kier alpha value is -0.830. The Morgan fingerprint density at radius 3 is 2.80 bits per heavy atom. The number of aromatic nitrogens is 2. The van der Waals surface area contributed by atoms with Gasteiger partial charge in [0.15, 0.2) is 0 Å². The molecule has 0 bridgehead atoms. The van der Waals surface area contributed by atoms with E-state index in [-0.39, 0.29) is 0 Å². The maximum absolute atomic E-state index is 4.11. The second-order valence-electron chi connectivity index (χ2n) is 4.81. The number of hydrogen-bond acceptors (Lipinski definition) is 2. The van der Waals surface area contributed by atoms with Crippen LogP contribution < -0.4 is 5.32 Å². The molecular weight excluding hydrogens is 186 g/mol. The summed E-state index contributed by atoms with van der Waals surface area (Å²) in [5.41, 5.74) is 1.87. The molecule has 1 aliphatic rings. The largest absolute Gasteiger partial charge is 0.337 e. The van der Waals surface area contributed by atoms with E-state index in [0.29, 0.717) is 5.41 Å². The summed E-state index contributed by atoms with van der Waals surface area (Å²) in [4.78, 5) is 4.11. The lowest BCUT2D eigenvalue weighted by Crippen LogP contribution is -2.39. The molecule has 2 rings (SSSR count). The van der Waals surface area contributed by atoms with Crippen LogP contribution in [0.5, 0.6) is 0 Å². The molecule has 0 atom stereocenters. The highest BCUT2D eigenvalue weighted by Crippen LogP contribution is 2.43. The van der Waals surface area contributed by atoms with Gasteiger partial charge in [-0.05, 0) is 24.7 Å². The van der Waals surface area contributed by atoms with Crippen molar-refractivity contribution in [3.8, 4) is 0 Å². The highest BCUT2D eigenvalue weighted by molar-refractivity contribution is 4.97. The van der Waals surface area contributed by atoms with Crippen molar-refractivity contribution in [1.82, 2.24) is 14.9 Å². The van der Waals surface area contributed by atoms with Crippen molar-refractivity contribution in [1.29, 1.82) is 0 Å². The quantitative estimate of drug-likeness (QED) is 0.801. The third-order valence-electron chi connectivity index (χ3n) is 3.89. The van der Waals surface area contributed by atoms with Gasteiger partial charge >= 0.3 is 0 Å². The second-order valence-corrected chi connectivity index (χ2v) is 4.81. The molecule has 1 aromatic rings. The summed E-state index contributed by atoms with van der Waals surface area (Å²) in [7, 11) is 2.04. The van der Waals surface area contributed by atoms with E-state index in [1.807, 2.05) is 19.6 Å². The first-order valence-electron chi connectivity index (χ1n) is 5.92. The van der Waals surface area contributed by atoms with Crippen molar-refractivity contribution in [3.63, 3.8) is 0 Å². The van der Waals surface area contributed by atoms with Gasteiger partial charge in [-0.1, -0.05) is 13.3 Å². The lowest BCUT2D eigenvalue weighted by atomic mass is 9.67. The summed E-state index contributed by atoms with van der Waals surface area (Å²) in [5, 5.41) is 3.56. The first kappa shape index (κ1) is 10.7. The standard InChI is InChI=1S/C12H21N3/c1-3-12(5-4-6-12)9-13-7-11-8-14-10-15(11)2/h8,10,13H,3-7,9H2,1-2H3. The van der Waals surface area contributed by atoms with E-state index in [9.17, 15) is 0 Å². The van der Waals surface area contributed by atoms with Crippen LogP contribution in [-0.4, -0.2) is 16.1 Å². The van der Waals surface area contributed by atoms with E-state index in [1.165, 1.54) is 31.4 Å². The molecule has 0 saturated heterocycles. The molecule has 1 fully saturated rings. The first-order chi connectivity index (χ1) is 7.26. The van der Waals surface area contributed by atoms with E-state index in [2.05, 4.69) is 21.8 Å². The van der Waals surface area contributed by atoms with E-state index in [1.54, 1.807) is 0 Å². The average molecular weight is 207 g/mol. The van der Waals surface area contributed by atoms with Crippen LogP contribution in [0.1, 0.15) is 38.3 Å². The molecule has 3 heteroatoms. The van der Waals surface area contributed by atoms with Gasteiger partial charge in [-0.25, -0.2) is 4.98 Å². The summed E-state index contributed by atoms with van der Waals surface area (Å²) in [6.45, 7) is 4.41. The lowest BCUT2D eigenvalue weighted by molar-refractivity contribution is 0.123. The Balaban J connectivity index is 1.77. The molecule has 1 heterocycles. The van der Waals surface area contributed by atoms with Crippen molar-refractivity contribution in [3.05, 3.63) is 18.2 Å². The van der Waals surface area contributed by atoms with Crippen molar-refractivity contribution >= 4 is 0 Å². The van der Waals surface area contributed by atoms with Crippen molar-refractivity contribution < 1.29 is 0 Å². The topological polar surface area (TPSA) is 29.9 Å². The van der Waals surface area contributed by atoms with Crippen molar-refractivity contribution in [2.24, 2.45) is 12.5 Å². The molecule has 0 aromatic carbocycles. The molecule has 1 saturated carbocycles. The SMILES string of the molecule is CCC1(CNCc2cncn2C)CCC1. The van der Waals surface area contributed by atoms with E-state index in [4.69, 9.17) is 0 Å². The molecule has 1 aliphatic carbocycles. The predicted molar refractivity (Wildman–Crippen MR) is 61.5 cm³/mol. The third kappa shape index (κ3) is 2.23. The predicted octanol–water partition coefficient (Wildman–Crippen LogP) is 2.09. The minimum Gasteiger partial charge on any atom is -0.337 e. The summed E-state index contributed by atoms with van der Waals surface area (Å²) < 4.78 is 2.08. The fraction of sp³-hybridized carbons (Fsp3) is 0.750. The summed E-state index contributed by atoms with van der Waals surface area (Å²) >= 11 is 0. The molecule has 0 amide bonds. The number of hydrogen-bond donors (Lipinski definition) is 1. The Morgan fingerprint density at radius 1 is 1.53 bits per heavy atom. The van der Waals surface area contributed by atoms with Gasteiger partial charge in [0.05, 0.1) is 12.0 Å². The monoisotopic (exact) mass is 207 g/mol. The van der Waals surface area contributed by atoms with Gasteiger partial charge < -0.3 is 9.88 Å². The highest BCUT2D eigenvalue weighted by Gasteiger charge is 2.34. The van der Waals surface area contributed by atoms with Gasteiger partial charge in [-0.15, -0.1) is 0 Å². The fourth-order valence-corrected chi connectivity index (χ4v) is 2.34. The van der Waals surface area contributed by atoms with Crippen molar-refractivity contribution in [2.45, 2.75) is 39.2 Å².